The van der Waals surface area contributed by atoms with E-state index in [9.17, 15) is 0 Å². The molecular formula is C32H60O3. The Hall–Kier alpha value is -0.900. The van der Waals surface area contributed by atoms with E-state index in [0.29, 0.717) is 0 Å². The lowest BCUT2D eigenvalue weighted by Crippen LogP contribution is -2.27. The molecule has 0 amide bonds. The van der Waals surface area contributed by atoms with Crippen LogP contribution < -0.4 is 0 Å². The molecule has 206 valence electrons. The molecule has 3 nitrogen and oxygen atoms in total. The Labute approximate surface area is 219 Å². The highest BCUT2D eigenvalue weighted by Gasteiger charge is 2.25. The summed E-state index contributed by atoms with van der Waals surface area (Å²) in [6.45, 7) is 24.9. The van der Waals surface area contributed by atoms with Gasteiger partial charge in [-0.1, -0.05) is 64.2 Å². The topological polar surface area (TPSA) is 27.7 Å². The molecule has 35 heavy (non-hydrogen) atoms. The van der Waals surface area contributed by atoms with Crippen molar-refractivity contribution in [2.45, 2.75) is 123 Å². The lowest BCUT2D eigenvalue weighted by molar-refractivity contribution is -0.0436. The van der Waals surface area contributed by atoms with Gasteiger partial charge in [0.1, 0.15) is 0 Å². The van der Waals surface area contributed by atoms with E-state index in [2.05, 4.69) is 65.7 Å². The minimum Gasteiger partial charge on any atom is -0.381 e. The van der Waals surface area contributed by atoms with Crippen LogP contribution in [0.4, 0.5) is 0 Å². The Morgan fingerprint density at radius 3 is 1.66 bits per heavy atom. The molecule has 3 heteroatoms. The van der Waals surface area contributed by atoms with Crippen molar-refractivity contribution in [2.75, 3.05) is 33.0 Å². The van der Waals surface area contributed by atoms with Crippen LogP contribution in [0.5, 0.6) is 0 Å². The monoisotopic (exact) mass is 492 g/mol. The fourth-order valence-corrected chi connectivity index (χ4v) is 4.45. The highest BCUT2D eigenvalue weighted by molar-refractivity contribution is 4.95. The summed E-state index contributed by atoms with van der Waals surface area (Å²) in [7, 11) is 0. The van der Waals surface area contributed by atoms with Gasteiger partial charge in [0.05, 0.1) is 5.60 Å². The SMILES string of the molecule is C=CCC(CC=C)(CC=C)CCCCCCCCOCCC(C)(C)OCCCCOCCC(C)C. The Morgan fingerprint density at radius 1 is 0.600 bits per heavy atom. The average molecular weight is 493 g/mol. The van der Waals surface area contributed by atoms with Crippen LogP contribution in [0.3, 0.4) is 0 Å². The van der Waals surface area contributed by atoms with Gasteiger partial charge in [0.15, 0.2) is 0 Å². The molecule has 0 saturated carbocycles. The number of allylic oxidation sites excluding steroid dienone is 3. The first-order valence-corrected chi connectivity index (χ1v) is 14.4. The molecule has 0 N–H and O–H groups in total. The summed E-state index contributed by atoms with van der Waals surface area (Å²) < 4.78 is 17.6. The number of hydrogen-bond acceptors (Lipinski definition) is 3. The van der Waals surface area contributed by atoms with Crippen molar-refractivity contribution in [1.29, 1.82) is 0 Å². The van der Waals surface area contributed by atoms with Crippen molar-refractivity contribution in [3.63, 3.8) is 0 Å². The molecule has 0 aliphatic heterocycles. The van der Waals surface area contributed by atoms with Crippen molar-refractivity contribution in [1.82, 2.24) is 0 Å². The van der Waals surface area contributed by atoms with E-state index in [4.69, 9.17) is 14.2 Å². The highest BCUT2D eigenvalue weighted by Crippen LogP contribution is 2.38. The minimum atomic E-state index is -0.115. The number of hydrogen-bond donors (Lipinski definition) is 0. The first kappa shape index (κ1) is 34.1. The Morgan fingerprint density at radius 2 is 1.09 bits per heavy atom. The van der Waals surface area contributed by atoms with Crippen molar-refractivity contribution in [2.24, 2.45) is 11.3 Å². The molecule has 0 bridgehead atoms. The first-order valence-electron chi connectivity index (χ1n) is 14.4. The molecule has 0 spiro atoms. The number of ether oxygens (including phenoxy) is 3. The lowest BCUT2D eigenvalue weighted by Gasteiger charge is -2.31. The van der Waals surface area contributed by atoms with E-state index >= 15 is 0 Å². The fourth-order valence-electron chi connectivity index (χ4n) is 4.45. The minimum absolute atomic E-state index is 0.115. The molecule has 0 aromatic rings. The van der Waals surface area contributed by atoms with Crippen molar-refractivity contribution in [3.8, 4) is 0 Å². The van der Waals surface area contributed by atoms with Crippen LogP contribution in [-0.2, 0) is 14.2 Å². The molecule has 0 fully saturated rings. The standard InChI is InChI=1S/C32H60O3/c1-8-20-32(21-9-2,22-10-3)23-15-13-11-12-14-16-25-34-29-24-31(6,7)35-27-18-17-26-33-28-19-30(4)5/h8-10,30H,1-3,11-29H2,4-7H3. The van der Waals surface area contributed by atoms with Crippen molar-refractivity contribution in [3.05, 3.63) is 38.0 Å². The summed E-state index contributed by atoms with van der Waals surface area (Å²) in [5.74, 6) is 0.718. The predicted molar refractivity (Wildman–Crippen MR) is 154 cm³/mol. The molecule has 0 aliphatic carbocycles. The quantitative estimate of drug-likeness (QED) is 0.0844. The Kier molecular flexibility index (Phi) is 21.7. The summed E-state index contributed by atoms with van der Waals surface area (Å²) in [6.07, 6.45) is 22.4. The van der Waals surface area contributed by atoms with Crippen LogP contribution in [-0.4, -0.2) is 38.6 Å². The second-order valence-electron chi connectivity index (χ2n) is 11.3. The van der Waals surface area contributed by atoms with E-state index in [1.807, 2.05) is 0 Å². The molecule has 0 unspecified atom stereocenters. The van der Waals surface area contributed by atoms with Gasteiger partial charge in [-0.3, -0.25) is 0 Å². The van der Waals surface area contributed by atoms with E-state index in [1.165, 1.54) is 38.5 Å². The second-order valence-corrected chi connectivity index (χ2v) is 11.3. The summed E-state index contributed by atoms with van der Waals surface area (Å²) in [5, 5.41) is 0. The van der Waals surface area contributed by atoms with Gasteiger partial charge < -0.3 is 14.2 Å². The third-order valence-corrected chi connectivity index (χ3v) is 6.84. The van der Waals surface area contributed by atoms with Crippen LogP contribution in [0.1, 0.15) is 118 Å². The number of unbranched alkanes of at least 4 members (excludes halogenated alkanes) is 6. The fraction of sp³-hybridized carbons (Fsp3) is 0.812. The largest absolute Gasteiger partial charge is 0.381 e. The maximum absolute atomic E-state index is 6.07. The van der Waals surface area contributed by atoms with Crippen LogP contribution in [0.15, 0.2) is 38.0 Å². The normalized spacial score (nSPS) is 12.3. The molecule has 0 aliphatic rings. The van der Waals surface area contributed by atoms with Crippen molar-refractivity contribution < 1.29 is 14.2 Å². The van der Waals surface area contributed by atoms with Crippen LogP contribution in [0.25, 0.3) is 0 Å². The van der Waals surface area contributed by atoms with E-state index in [1.54, 1.807) is 0 Å². The van der Waals surface area contributed by atoms with Crippen LogP contribution in [0.2, 0.25) is 0 Å². The average Bonchev–Trinajstić information content (AvgIpc) is 2.79. The number of rotatable bonds is 27. The van der Waals surface area contributed by atoms with Gasteiger partial charge in [0, 0.05) is 33.0 Å². The maximum Gasteiger partial charge on any atom is 0.0648 e. The molecule has 0 saturated heterocycles. The maximum atomic E-state index is 6.07. The molecule has 0 heterocycles. The third-order valence-electron chi connectivity index (χ3n) is 6.84. The second kappa shape index (κ2) is 22.3. The zero-order valence-electron chi connectivity index (χ0n) is 24.1. The summed E-state index contributed by atoms with van der Waals surface area (Å²) >= 11 is 0. The summed E-state index contributed by atoms with van der Waals surface area (Å²) in [6, 6.07) is 0. The van der Waals surface area contributed by atoms with Crippen LogP contribution >= 0.6 is 0 Å². The molecule has 0 aromatic carbocycles. The van der Waals surface area contributed by atoms with Gasteiger partial charge in [-0.15, -0.1) is 19.7 Å². The Bertz CT molecular complexity index is 482. The van der Waals surface area contributed by atoms with Crippen molar-refractivity contribution >= 4 is 0 Å². The molecule has 0 radical (unpaired) electrons. The Balaban J connectivity index is 3.65. The van der Waals surface area contributed by atoms with E-state index in [-0.39, 0.29) is 11.0 Å². The predicted octanol–water partition coefficient (Wildman–Crippen LogP) is 9.48. The smallest absolute Gasteiger partial charge is 0.0648 e. The lowest BCUT2D eigenvalue weighted by atomic mass is 9.74. The van der Waals surface area contributed by atoms with Gasteiger partial charge >= 0.3 is 0 Å². The molecule has 0 rings (SSSR count). The molecular weight excluding hydrogens is 432 g/mol. The van der Waals surface area contributed by atoms with Crippen LogP contribution in [0, 0.1) is 11.3 Å². The van der Waals surface area contributed by atoms with Gasteiger partial charge in [-0.25, -0.2) is 0 Å². The summed E-state index contributed by atoms with van der Waals surface area (Å²) in [5.41, 5.74) is 0.175. The van der Waals surface area contributed by atoms with Gasteiger partial charge in [-0.05, 0) is 83.0 Å². The van der Waals surface area contributed by atoms with Gasteiger partial charge in [0.2, 0.25) is 0 Å². The highest BCUT2D eigenvalue weighted by atomic mass is 16.5. The van der Waals surface area contributed by atoms with E-state index in [0.717, 1.165) is 90.3 Å². The summed E-state index contributed by atoms with van der Waals surface area (Å²) in [4.78, 5) is 0. The zero-order chi connectivity index (χ0) is 26.3. The molecule has 0 atom stereocenters. The molecule has 0 aromatic heterocycles. The zero-order valence-corrected chi connectivity index (χ0v) is 24.1. The van der Waals surface area contributed by atoms with Gasteiger partial charge in [0.25, 0.3) is 0 Å². The first-order chi connectivity index (χ1) is 16.8. The van der Waals surface area contributed by atoms with Gasteiger partial charge in [-0.2, -0.15) is 0 Å². The third kappa shape index (κ3) is 20.9. The van der Waals surface area contributed by atoms with E-state index < -0.39 is 0 Å².